The molecule has 0 bridgehead atoms. The number of hydrogen-bond donors (Lipinski definition) is 2. The van der Waals surface area contributed by atoms with Gasteiger partial charge in [-0.15, -0.1) is 0 Å². The molecule has 3 heteroatoms. The second-order valence-electron chi connectivity index (χ2n) is 5.25. The number of rotatable bonds is 1. The molecule has 0 aromatic rings. The molecule has 2 fully saturated rings. The van der Waals surface area contributed by atoms with Gasteiger partial charge < -0.3 is 10.4 Å². The van der Waals surface area contributed by atoms with Crippen LogP contribution in [0.3, 0.4) is 0 Å². The smallest absolute Gasteiger partial charge is 0.0695 e. The van der Waals surface area contributed by atoms with E-state index in [-0.39, 0.29) is 11.6 Å². The molecule has 1 saturated heterocycles. The van der Waals surface area contributed by atoms with Crippen molar-refractivity contribution in [2.45, 2.75) is 50.8 Å². The van der Waals surface area contributed by atoms with Crippen LogP contribution < -0.4 is 5.32 Å². The van der Waals surface area contributed by atoms with Gasteiger partial charge in [0, 0.05) is 31.2 Å². The molecular weight excluding hydrogens is 176 g/mol. The van der Waals surface area contributed by atoms with Gasteiger partial charge in [-0.3, -0.25) is 4.90 Å². The van der Waals surface area contributed by atoms with E-state index in [0.29, 0.717) is 6.04 Å². The fourth-order valence-electron chi connectivity index (χ4n) is 2.90. The molecule has 2 N–H and O–H groups in total. The number of nitrogens with one attached hydrogen (secondary N) is 1. The van der Waals surface area contributed by atoms with Crippen molar-refractivity contribution in [3.05, 3.63) is 0 Å². The molecule has 0 amide bonds. The maximum absolute atomic E-state index is 9.91. The Balaban J connectivity index is 2.07. The molecule has 0 radical (unpaired) electrons. The highest BCUT2D eigenvalue weighted by Crippen LogP contribution is 2.30. The quantitative estimate of drug-likeness (QED) is 0.647. The first kappa shape index (κ1) is 10.4. The van der Waals surface area contributed by atoms with E-state index < -0.39 is 0 Å². The molecule has 0 spiro atoms. The first-order chi connectivity index (χ1) is 6.61. The van der Waals surface area contributed by atoms with Gasteiger partial charge in [-0.25, -0.2) is 0 Å². The Morgan fingerprint density at radius 2 is 2.14 bits per heavy atom. The Morgan fingerprint density at radius 3 is 2.71 bits per heavy atom. The van der Waals surface area contributed by atoms with Crippen LogP contribution in [-0.4, -0.2) is 47.3 Å². The summed E-state index contributed by atoms with van der Waals surface area (Å²) in [5.41, 5.74) is 0.203. The van der Waals surface area contributed by atoms with Gasteiger partial charge in [0.25, 0.3) is 0 Å². The van der Waals surface area contributed by atoms with E-state index in [1.165, 1.54) is 12.8 Å². The van der Waals surface area contributed by atoms with Crippen LogP contribution in [0.2, 0.25) is 0 Å². The lowest BCUT2D eigenvalue weighted by Crippen LogP contribution is -2.62. The maximum Gasteiger partial charge on any atom is 0.0695 e. The van der Waals surface area contributed by atoms with Gasteiger partial charge in [0.15, 0.2) is 0 Å². The van der Waals surface area contributed by atoms with Gasteiger partial charge in [-0.1, -0.05) is 0 Å². The average Bonchev–Trinajstić information content (AvgIpc) is 2.51. The number of aliphatic hydroxyl groups excluding tert-OH is 1. The zero-order valence-electron chi connectivity index (χ0n) is 9.29. The van der Waals surface area contributed by atoms with E-state index in [1.54, 1.807) is 0 Å². The predicted octanol–water partition coefficient (Wildman–Crippen LogP) is 0.584. The van der Waals surface area contributed by atoms with E-state index in [1.807, 2.05) is 0 Å². The highest BCUT2D eigenvalue weighted by Gasteiger charge is 2.39. The molecule has 1 aliphatic heterocycles. The lowest BCUT2D eigenvalue weighted by Gasteiger charge is -2.47. The molecule has 1 saturated carbocycles. The molecule has 0 aromatic carbocycles. The van der Waals surface area contributed by atoms with E-state index >= 15 is 0 Å². The predicted molar refractivity (Wildman–Crippen MR) is 57.3 cm³/mol. The zero-order chi connectivity index (χ0) is 10.2. The van der Waals surface area contributed by atoms with Crippen molar-refractivity contribution in [3.63, 3.8) is 0 Å². The lowest BCUT2D eigenvalue weighted by molar-refractivity contribution is -0.00590. The standard InChI is InChI=1S/C11H22N2O/c1-11(2)8-12-6-7-13(11)9-4-3-5-10(9)14/h9-10,12,14H,3-8H2,1-2H3. The largest absolute Gasteiger partial charge is 0.391 e. The summed E-state index contributed by atoms with van der Waals surface area (Å²) >= 11 is 0. The van der Waals surface area contributed by atoms with Gasteiger partial charge in [0.05, 0.1) is 6.10 Å². The van der Waals surface area contributed by atoms with Gasteiger partial charge >= 0.3 is 0 Å². The topological polar surface area (TPSA) is 35.5 Å². The van der Waals surface area contributed by atoms with Crippen molar-refractivity contribution in [1.82, 2.24) is 10.2 Å². The summed E-state index contributed by atoms with van der Waals surface area (Å²) < 4.78 is 0. The van der Waals surface area contributed by atoms with Gasteiger partial charge in [-0.2, -0.15) is 0 Å². The normalized spacial score (nSPS) is 38.8. The molecule has 1 aliphatic carbocycles. The summed E-state index contributed by atoms with van der Waals surface area (Å²) in [6.07, 6.45) is 3.26. The third-order valence-corrected chi connectivity index (χ3v) is 3.71. The average molecular weight is 198 g/mol. The van der Waals surface area contributed by atoms with Crippen molar-refractivity contribution in [2.24, 2.45) is 0 Å². The minimum Gasteiger partial charge on any atom is -0.391 e. The fourth-order valence-corrected chi connectivity index (χ4v) is 2.90. The summed E-state index contributed by atoms with van der Waals surface area (Å²) in [7, 11) is 0. The third kappa shape index (κ3) is 1.81. The summed E-state index contributed by atoms with van der Waals surface area (Å²) in [5.74, 6) is 0. The molecule has 2 unspecified atom stereocenters. The van der Waals surface area contributed by atoms with Crippen LogP contribution >= 0.6 is 0 Å². The summed E-state index contributed by atoms with van der Waals surface area (Å²) in [6, 6.07) is 0.409. The van der Waals surface area contributed by atoms with Gasteiger partial charge in [0.1, 0.15) is 0 Å². The fraction of sp³-hybridized carbons (Fsp3) is 1.00. The molecule has 2 atom stereocenters. The molecular formula is C11H22N2O. The second-order valence-corrected chi connectivity index (χ2v) is 5.25. The lowest BCUT2D eigenvalue weighted by atomic mass is 9.96. The van der Waals surface area contributed by atoms with Crippen LogP contribution in [0.1, 0.15) is 33.1 Å². The van der Waals surface area contributed by atoms with E-state index in [9.17, 15) is 5.11 Å². The zero-order valence-corrected chi connectivity index (χ0v) is 9.29. The Bertz CT molecular complexity index is 205. The molecule has 14 heavy (non-hydrogen) atoms. The summed E-state index contributed by atoms with van der Waals surface area (Å²) in [6.45, 7) is 7.71. The Hall–Kier alpha value is -0.120. The first-order valence-electron chi connectivity index (χ1n) is 5.77. The SMILES string of the molecule is CC1(C)CNCCN1C1CCCC1O. The molecule has 3 nitrogen and oxygen atoms in total. The number of piperazine rings is 1. The van der Waals surface area contributed by atoms with Crippen molar-refractivity contribution in [3.8, 4) is 0 Å². The minimum absolute atomic E-state index is 0.0904. The monoisotopic (exact) mass is 198 g/mol. The Morgan fingerprint density at radius 1 is 1.36 bits per heavy atom. The third-order valence-electron chi connectivity index (χ3n) is 3.71. The molecule has 2 rings (SSSR count). The highest BCUT2D eigenvalue weighted by atomic mass is 16.3. The molecule has 82 valence electrons. The first-order valence-corrected chi connectivity index (χ1v) is 5.77. The van der Waals surface area contributed by atoms with Crippen molar-refractivity contribution in [2.75, 3.05) is 19.6 Å². The Kier molecular flexibility index (Phi) is 2.82. The minimum atomic E-state index is -0.0904. The summed E-state index contributed by atoms with van der Waals surface area (Å²) in [5, 5.41) is 13.3. The number of nitrogens with zero attached hydrogens (tertiary/aromatic N) is 1. The molecule has 1 heterocycles. The van der Waals surface area contributed by atoms with Crippen LogP contribution in [-0.2, 0) is 0 Å². The molecule has 0 aromatic heterocycles. The van der Waals surface area contributed by atoms with E-state index in [2.05, 4.69) is 24.1 Å². The van der Waals surface area contributed by atoms with Gasteiger partial charge in [0.2, 0.25) is 0 Å². The van der Waals surface area contributed by atoms with Crippen LogP contribution in [0.25, 0.3) is 0 Å². The number of aliphatic hydroxyl groups is 1. The van der Waals surface area contributed by atoms with Crippen molar-refractivity contribution in [1.29, 1.82) is 0 Å². The second kappa shape index (κ2) is 3.80. The van der Waals surface area contributed by atoms with E-state index in [0.717, 1.165) is 26.1 Å². The molecule has 2 aliphatic rings. The maximum atomic E-state index is 9.91. The van der Waals surface area contributed by atoms with Crippen LogP contribution in [0.4, 0.5) is 0 Å². The van der Waals surface area contributed by atoms with Gasteiger partial charge in [-0.05, 0) is 33.1 Å². The summed E-state index contributed by atoms with van der Waals surface area (Å²) in [4.78, 5) is 2.50. The van der Waals surface area contributed by atoms with E-state index in [4.69, 9.17) is 0 Å². The number of hydrogen-bond acceptors (Lipinski definition) is 3. The van der Waals surface area contributed by atoms with Crippen molar-refractivity contribution < 1.29 is 5.11 Å². The highest BCUT2D eigenvalue weighted by molar-refractivity contribution is 4.96. The Labute approximate surface area is 86.5 Å². The van der Waals surface area contributed by atoms with Crippen molar-refractivity contribution >= 4 is 0 Å². The van der Waals surface area contributed by atoms with Crippen LogP contribution in [0, 0.1) is 0 Å². The van der Waals surface area contributed by atoms with Crippen LogP contribution in [0.15, 0.2) is 0 Å². The van der Waals surface area contributed by atoms with Crippen LogP contribution in [0.5, 0.6) is 0 Å².